The van der Waals surface area contributed by atoms with Gasteiger partial charge in [-0.3, -0.25) is 0 Å². The molecule has 2 aliphatic rings. The molecular formula is C26H37F2N3O. The molecule has 0 aromatic heterocycles. The Bertz CT molecular complexity index is 870. The van der Waals surface area contributed by atoms with Gasteiger partial charge in [0.15, 0.2) is 0 Å². The van der Waals surface area contributed by atoms with E-state index in [0.29, 0.717) is 11.6 Å². The maximum Gasteiger partial charge on any atom is 0.112 e. The lowest BCUT2D eigenvalue weighted by Crippen LogP contribution is -2.31. The summed E-state index contributed by atoms with van der Waals surface area (Å²) in [4.78, 5) is 11.6. The molecule has 0 aromatic rings. The standard InChI is InChI=1S/C26H37F2N3O/c1-6-11-23(24-16-14-22(31(27)28)15-17-25(24)30-32)19(4)20(5)26(18(3)7-2)29-21-12-9-8-10-13-21/h11,14,16-17,21,29H,6-10,12-13,15H2,1-5H3/b20-19-,23-11+,26-18+. The van der Waals surface area contributed by atoms with Crippen LogP contribution in [0.3, 0.4) is 0 Å². The van der Waals surface area contributed by atoms with E-state index in [2.05, 4.69) is 31.3 Å². The molecule has 1 fully saturated rings. The number of rotatable bonds is 9. The summed E-state index contributed by atoms with van der Waals surface area (Å²) >= 11 is 0. The zero-order valence-corrected chi connectivity index (χ0v) is 20.1. The fourth-order valence-electron chi connectivity index (χ4n) is 4.32. The van der Waals surface area contributed by atoms with Gasteiger partial charge in [0.1, 0.15) is 5.70 Å². The van der Waals surface area contributed by atoms with Crippen LogP contribution in [0.1, 0.15) is 86.0 Å². The predicted molar refractivity (Wildman–Crippen MR) is 128 cm³/mol. The second-order valence-corrected chi connectivity index (χ2v) is 8.62. The van der Waals surface area contributed by atoms with Crippen LogP contribution in [0.15, 0.2) is 74.4 Å². The average molecular weight is 446 g/mol. The molecule has 4 nitrogen and oxygen atoms in total. The van der Waals surface area contributed by atoms with E-state index in [0.717, 1.165) is 35.3 Å². The zero-order chi connectivity index (χ0) is 23.7. The molecule has 0 saturated heterocycles. The van der Waals surface area contributed by atoms with E-state index >= 15 is 0 Å². The molecule has 0 bridgehead atoms. The first kappa shape index (κ1) is 25.8. The predicted octanol–water partition coefficient (Wildman–Crippen LogP) is 8.20. The van der Waals surface area contributed by atoms with Crippen LogP contribution in [0.2, 0.25) is 0 Å². The van der Waals surface area contributed by atoms with Gasteiger partial charge in [-0.1, -0.05) is 59.8 Å². The molecule has 0 radical (unpaired) electrons. The Morgan fingerprint density at radius 3 is 2.38 bits per heavy atom. The molecule has 2 aliphatic carbocycles. The maximum absolute atomic E-state index is 13.1. The molecule has 0 aliphatic heterocycles. The molecule has 2 rings (SSSR count). The number of hydrogen-bond donors (Lipinski definition) is 1. The van der Waals surface area contributed by atoms with Gasteiger partial charge in [0.2, 0.25) is 0 Å². The first-order valence-electron chi connectivity index (χ1n) is 11.7. The maximum atomic E-state index is 13.1. The summed E-state index contributed by atoms with van der Waals surface area (Å²) in [5.74, 6) is 0. The van der Waals surface area contributed by atoms with Crippen LogP contribution < -0.4 is 5.32 Å². The first-order valence-corrected chi connectivity index (χ1v) is 11.7. The zero-order valence-electron chi connectivity index (χ0n) is 20.1. The van der Waals surface area contributed by atoms with Gasteiger partial charge in [0, 0.05) is 23.7 Å². The van der Waals surface area contributed by atoms with Crippen LogP contribution in [-0.2, 0) is 0 Å². The van der Waals surface area contributed by atoms with Gasteiger partial charge in [0.25, 0.3) is 0 Å². The Morgan fingerprint density at radius 2 is 1.81 bits per heavy atom. The van der Waals surface area contributed by atoms with E-state index in [1.165, 1.54) is 49.8 Å². The van der Waals surface area contributed by atoms with Crippen LogP contribution >= 0.6 is 0 Å². The van der Waals surface area contributed by atoms with Crippen molar-refractivity contribution in [2.24, 2.45) is 5.18 Å². The molecule has 0 spiro atoms. The molecule has 1 N–H and O–H groups in total. The van der Waals surface area contributed by atoms with Crippen molar-refractivity contribution in [1.82, 2.24) is 10.7 Å². The number of nitroso groups, excluding NO2 is 1. The lowest BCUT2D eigenvalue weighted by atomic mass is 9.89. The number of hydrogen-bond acceptors (Lipinski definition) is 4. The number of nitrogens with zero attached hydrogens (tertiary/aromatic N) is 2. The molecule has 176 valence electrons. The summed E-state index contributed by atoms with van der Waals surface area (Å²) < 4.78 is 26.2. The van der Waals surface area contributed by atoms with Crippen LogP contribution in [0, 0.1) is 4.91 Å². The van der Waals surface area contributed by atoms with Crippen molar-refractivity contribution >= 4 is 0 Å². The molecule has 0 amide bonds. The van der Waals surface area contributed by atoms with E-state index in [4.69, 9.17) is 0 Å². The van der Waals surface area contributed by atoms with E-state index in [1.54, 1.807) is 6.08 Å². The molecular weight excluding hydrogens is 408 g/mol. The fourth-order valence-corrected chi connectivity index (χ4v) is 4.32. The molecule has 0 heterocycles. The smallest absolute Gasteiger partial charge is 0.112 e. The number of nitrogens with one attached hydrogen (secondary N) is 1. The molecule has 32 heavy (non-hydrogen) atoms. The van der Waals surface area contributed by atoms with Crippen LogP contribution in [0.25, 0.3) is 0 Å². The van der Waals surface area contributed by atoms with Gasteiger partial charge in [-0.15, -0.1) is 4.91 Å². The molecule has 0 atom stereocenters. The van der Waals surface area contributed by atoms with Gasteiger partial charge in [-0.05, 0) is 85.8 Å². The van der Waals surface area contributed by atoms with Gasteiger partial charge in [-0.2, -0.15) is 0 Å². The summed E-state index contributed by atoms with van der Waals surface area (Å²) in [5.41, 5.74) is 6.06. The molecule has 6 heteroatoms. The summed E-state index contributed by atoms with van der Waals surface area (Å²) in [6.45, 7) is 10.5. The van der Waals surface area contributed by atoms with Crippen LogP contribution in [0.5, 0.6) is 0 Å². The molecule has 0 aromatic carbocycles. The Hall–Kier alpha value is -2.50. The highest BCUT2D eigenvalue weighted by atomic mass is 19.4. The van der Waals surface area contributed by atoms with Crippen LogP contribution in [-0.4, -0.2) is 11.4 Å². The van der Waals surface area contributed by atoms with Crippen molar-refractivity contribution in [1.29, 1.82) is 0 Å². The Kier molecular flexibility index (Phi) is 10.1. The second kappa shape index (κ2) is 12.5. The van der Waals surface area contributed by atoms with E-state index in [1.807, 2.05) is 19.9 Å². The van der Waals surface area contributed by atoms with E-state index in [9.17, 15) is 13.9 Å². The molecule has 0 unspecified atom stereocenters. The van der Waals surface area contributed by atoms with Gasteiger partial charge in [-0.25, -0.2) is 0 Å². The summed E-state index contributed by atoms with van der Waals surface area (Å²) in [7, 11) is 0. The van der Waals surface area contributed by atoms with Crippen molar-refractivity contribution in [2.75, 3.05) is 0 Å². The highest BCUT2D eigenvalue weighted by Gasteiger charge is 2.21. The topological polar surface area (TPSA) is 44.7 Å². The fraction of sp³-hybridized carbons (Fsp3) is 0.538. The monoisotopic (exact) mass is 445 g/mol. The Morgan fingerprint density at radius 1 is 1.12 bits per heavy atom. The highest BCUT2D eigenvalue weighted by Crippen LogP contribution is 2.34. The third kappa shape index (κ3) is 6.50. The lowest BCUT2D eigenvalue weighted by molar-refractivity contribution is -0.118. The van der Waals surface area contributed by atoms with Crippen molar-refractivity contribution in [3.8, 4) is 0 Å². The third-order valence-electron chi connectivity index (χ3n) is 6.49. The van der Waals surface area contributed by atoms with Gasteiger partial charge < -0.3 is 5.32 Å². The summed E-state index contributed by atoms with van der Waals surface area (Å²) in [6, 6.07) is 0.469. The minimum Gasteiger partial charge on any atom is -0.382 e. The summed E-state index contributed by atoms with van der Waals surface area (Å²) in [6.07, 6.45) is 14.3. The van der Waals surface area contributed by atoms with Crippen molar-refractivity contribution in [3.63, 3.8) is 0 Å². The second-order valence-electron chi connectivity index (χ2n) is 8.62. The van der Waals surface area contributed by atoms with Crippen molar-refractivity contribution < 1.29 is 8.96 Å². The first-order chi connectivity index (χ1) is 15.3. The number of halogens is 2. The van der Waals surface area contributed by atoms with Gasteiger partial charge in [0.05, 0.1) is 5.70 Å². The normalized spacial score (nSPS) is 19.7. The lowest BCUT2D eigenvalue weighted by Gasteiger charge is -2.28. The minimum absolute atomic E-state index is 0.0431. The Labute approximate surface area is 191 Å². The van der Waals surface area contributed by atoms with E-state index < -0.39 is 5.34 Å². The molecule has 1 saturated carbocycles. The Balaban J connectivity index is 2.54. The van der Waals surface area contributed by atoms with Crippen LogP contribution in [0.4, 0.5) is 8.96 Å². The highest BCUT2D eigenvalue weighted by molar-refractivity contribution is 5.60. The third-order valence-corrected chi connectivity index (χ3v) is 6.49. The number of allylic oxidation sites excluding steroid dienone is 8. The van der Waals surface area contributed by atoms with Gasteiger partial charge >= 0.3 is 0 Å². The van der Waals surface area contributed by atoms with E-state index in [-0.39, 0.29) is 17.8 Å². The van der Waals surface area contributed by atoms with Crippen molar-refractivity contribution in [3.05, 3.63) is 74.2 Å². The van der Waals surface area contributed by atoms with Crippen molar-refractivity contribution in [2.45, 2.75) is 92.0 Å². The summed E-state index contributed by atoms with van der Waals surface area (Å²) in [5, 5.41) is 6.07. The minimum atomic E-state index is -0.908. The quantitative estimate of drug-likeness (QED) is 0.221. The average Bonchev–Trinajstić information content (AvgIpc) is 3.03. The largest absolute Gasteiger partial charge is 0.382 e. The SMILES string of the molecule is CC\C=C(C1=CC=C(N(F)F)CC=C1N=O)/C(C)=C(C)\C(NC1CCCCC1)=C(\C)CC.